The van der Waals surface area contributed by atoms with Crippen molar-refractivity contribution >= 4 is 5.91 Å². The highest BCUT2D eigenvalue weighted by molar-refractivity contribution is 5.92. The first-order valence-corrected chi connectivity index (χ1v) is 9.11. The molecule has 0 saturated carbocycles. The zero-order chi connectivity index (χ0) is 18.8. The minimum atomic E-state index is -0.136. The van der Waals surface area contributed by atoms with Crippen molar-refractivity contribution in [1.29, 1.82) is 0 Å². The van der Waals surface area contributed by atoms with E-state index in [1.165, 1.54) is 11.0 Å². The van der Waals surface area contributed by atoms with Gasteiger partial charge in [0.1, 0.15) is 11.5 Å². The maximum absolute atomic E-state index is 12.5. The summed E-state index contributed by atoms with van der Waals surface area (Å²) in [6, 6.07) is 9.59. The molecule has 0 bridgehead atoms. The fourth-order valence-corrected chi connectivity index (χ4v) is 3.63. The fourth-order valence-electron chi connectivity index (χ4n) is 3.63. The Bertz CT molecular complexity index is 966. The van der Waals surface area contributed by atoms with Gasteiger partial charge < -0.3 is 9.88 Å². The molecule has 1 N–H and O–H groups in total. The van der Waals surface area contributed by atoms with E-state index in [1.807, 2.05) is 35.2 Å². The Hall–Kier alpha value is -3.16. The number of piperidine rings is 1. The van der Waals surface area contributed by atoms with E-state index in [2.05, 4.69) is 15.1 Å². The van der Waals surface area contributed by atoms with Crippen LogP contribution in [0.2, 0.25) is 0 Å². The average molecular weight is 366 g/mol. The molecule has 0 radical (unpaired) electrons. The van der Waals surface area contributed by atoms with E-state index in [9.17, 15) is 9.59 Å². The molecule has 0 spiro atoms. The van der Waals surface area contributed by atoms with E-state index < -0.39 is 0 Å². The van der Waals surface area contributed by atoms with Crippen LogP contribution in [0.25, 0.3) is 5.69 Å². The smallest absolute Gasteiger partial charge is 0.341 e. The molecule has 0 unspecified atom stereocenters. The minimum absolute atomic E-state index is 0.00928. The van der Waals surface area contributed by atoms with Gasteiger partial charge in [0.15, 0.2) is 0 Å². The first kappa shape index (κ1) is 17.3. The number of carbonyl (C=O) groups is 1. The number of nitrogens with zero attached hydrogens (tertiary/aromatic N) is 5. The number of rotatable bonds is 4. The van der Waals surface area contributed by atoms with Crippen LogP contribution in [0.4, 0.5) is 0 Å². The lowest BCUT2D eigenvalue weighted by Gasteiger charge is -2.31. The number of hydrogen-bond acceptors (Lipinski definition) is 4. The number of imidazole rings is 1. The molecule has 8 heteroatoms. The lowest BCUT2D eigenvalue weighted by Crippen LogP contribution is -2.39. The van der Waals surface area contributed by atoms with Gasteiger partial charge in [-0.1, -0.05) is 18.2 Å². The second-order valence-electron chi connectivity index (χ2n) is 6.90. The Kier molecular flexibility index (Phi) is 4.62. The molecule has 3 heterocycles. The summed E-state index contributed by atoms with van der Waals surface area (Å²) in [5.74, 6) is 1.15. The Morgan fingerprint density at radius 3 is 2.63 bits per heavy atom. The van der Waals surface area contributed by atoms with Crippen LogP contribution in [0.1, 0.15) is 29.2 Å². The summed E-state index contributed by atoms with van der Waals surface area (Å²) >= 11 is 0. The van der Waals surface area contributed by atoms with Crippen molar-refractivity contribution in [2.45, 2.75) is 19.3 Å². The van der Waals surface area contributed by atoms with Gasteiger partial charge in [-0.05, 0) is 30.9 Å². The molecule has 140 valence electrons. The van der Waals surface area contributed by atoms with Crippen molar-refractivity contribution < 1.29 is 4.79 Å². The molecule has 1 amide bonds. The third kappa shape index (κ3) is 3.42. The zero-order valence-corrected chi connectivity index (χ0v) is 15.2. The summed E-state index contributed by atoms with van der Waals surface area (Å²) in [4.78, 5) is 33.5. The van der Waals surface area contributed by atoms with E-state index in [0.717, 1.165) is 30.8 Å². The molecule has 1 saturated heterocycles. The van der Waals surface area contributed by atoms with Crippen LogP contribution in [-0.2, 0) is 13.5 Å². The minimum Gasteiger partial charge on any atom is -0.341 e. The first-order valence-electron chi connectivity index (χ1n) is 9.11. The Morgan fingerprint density at radius 2 is 1.96 bits per heavy atom. The molecule has 1 aliphatic rings. The Labute approximate surface area is 156 Å². The summed E-state index contributed by atoms with van der Waals surface area (Å²) in [5.41, 5.74) is 1.22. The number of nitrogens with one attached hydrogen (secondary N) is 1. The van der Waals surface area contributed by atoms with Crippen molar-refractivity contribution in [3.05, 3.63) is 64.9 Å². The normalized spacial score (nSPS) is 15.2. The monoisotopic (exact) mass is 366 g/mol. The molecule has 8 nitrogen and oxygen atoms in total. The highest BCUT2D eigenvalue weighted by Gasteiger charge is 2.26. The van der Waals surface area contributed by atoms with Crippen LogP contribution in [0.3, 0.4) is 0 Å². The second kappa shape index (κ2) is 7.22. The SMILES string of the molecule is Cn1nc(CC2CCN(C(=O)c3cnc[nH]3)CC2)n(-c2ccccc2)c1=O. The number of carbonyl (C=O) groups excluding carboxylic acids is 1. The molecule has 4 rings (SSSR count). The zero-order valence-electron chi connectivity index (χ0n) is 15.2. The average Bonchev–Trinajstić information content (AvgIpc) is 3.32. The van der Waals surface area contributed by atoms with Gasteiger partial charge in [0, 0.05) is 26.6 Å². The lowest BCUT2D eigenvalue weighted by atomic mass is 9.93. The van der Waals surface area contributed by atoms with Crippen LogP contribution in [0, 0.1) is 5.92 Å². The summed E-state index contributed by atoms with van der Waals surface area (Å²) in [5, 5.41) is 4.45. The lowest BCUT2D eigenvalue weighted by molar-refractivity contribution is 0.0684. The number of aromatic nitrogens is 5. The third-order valence-corrected chi connectivity index (χ3v) is 5.11. The quantitative estimate of drug-likeness (QED) is 0.756. The molecule has 1 fully saturated rings. The first-order chi connectivity index (χ1) is 13.1. The number of amides is 1. The maximum Gasteiger partial charge on any atom is 0.350 e. The van der Waals surface area contributed by atoms with E-state index in [4.69, 9.17) is 0 Å². The number of benzene rings is 1. The van der Waals surface area contributed by atoms with Gasteiger partial charge in [-0.15, -0.1) is 0 Å². The van der Waals surface area contributed by atoms with Gasteiger partial charge in [0.05, 0.1) is 18.2 Å². The van der Waals surface area contributed by atoms with Crippen molar-refractivity contribution in [3.8, 4) is 5.69 Å². The van der Waals surface area contributed by atoms with Gasteiger partial charge in [-0.3, -0.25) is 4.79 Å². The molecular weight excluding hydrogens is 344 g/mol. The van der Waals surface area contributed by atoms with Crippen LogP contribution < -0.4 is 5.69 Å². The van der Waals surface area contributed by atoms with E-state index in [1.54, 1.807) is 17.8 Å². The van der Waals surface area contributed by atoms with Crippen LogP contribution in [-0.4, -0.2) is 48.2 Å². The summed E-state index contributed by atoms with van der Waals surface area (Å²) in [6.45, 7) is 1.40. The van der Waals surface area contributed by atoms with Gasteiger partial charge in [0.2, 0.25) is 0 Å². The highest BCUT2D eigenvalue weighted by Crippen LogP contribution is 2.22. The number of hydrogen-bond donors (Lipinski definition) is 1. The molecule has 3 aromatic rings. The van der Waals surface area contributed by atoms with Gasteiger partial charge in [0.25, 0.3) is 5.91 Å². The predicted molar refractivity (Wildman–Crippen MR) is 99.7 cm³/mol. The standard InChI is InChI=1S/C19H22N6O2/c1-23-19(27)25(15-5-3-2-4-6-15)17(22-23)11-14-7-9-24(10-8-14)18(26)16-12-20-13-21-16/h2-6,12-14H,7-11H2,1H3,(H,20,21). The van der Waals surface area contributed by atoms with Crippen molar-refractivity contribution in [1.82, 2.24) is 29.2 Å². The van der Waals surface area contributed by atoms with E-state index >= 15 is 0 Å². The van der Waals surface area contributed by atoms with Gasteiger partial charge in [-0.2, -0.15) is 5.10 Å². The molecule has 1 aromatic carbocycles. The number of para-hydroxylation sites is 1. The van der Waals surface area contributed by atoms with Crippen LogP contribution >= 0.6 is 0 Å². The van der Waals surface area contributed by atoms with Crippen LogP contribution in [0.15, 0.2) is 47.7 Å². The van der Waals surface area contributed by atoms with Gasteiger partial charge in [-0.25, -0.2) is 19.0 Å². The molecule has 0 aliphatic carbocycles. The summed E-state index contributed by atoms with van der Waals surface area (Å²) in [7, 11) is 1.68. The second-order valence-corrected chi connectivity index (χ2v) is 6.90. The van der Waals surface area contributed by atoms with Crippen LogP contribution in [0.5, 0.6) is 0 Å². The topological polar surface area (TPSA) is 88.8 Å². The maximum atomic E-state index is 12.5. The molecule has 0 atom stereocenters. The Balaban J connectivity index is 1.46. The number of aryl methyl sites for hydroxylation is 1. The fraction of sp³-hybridized carbons (Fsp3) is 0.368. The highest BCUT2D eigenvalue weighted by atomic mass is 16.2. The van der Waals surface area contributed by atoms with Crippen molar-refractivity contribution in [2.24, 2.45) is 13.0 Å². The van der Waals surface area contributed by atoms with E-state index in [0.29, 0.717) is 24.7 Å². The Morgan fingerprint density at radius 1 is 1.22 bits per heavy atom. The largest absolute Gasteiger partial charge is 0.350 e. The molecule has 1 aliphatic heterocycles. The number of aromatic amines is 1. The van der Waals surface area contributed by atoms with E-state index in [-0.39, 0.29) is 11.6 Å². The van der Waals surface area contributed by atoms with Crippen molar-refractivity contribution in [3.63, 3.8) is 0 Å². The molecular formula is C19H22N6O2. The predicted octanol–water partition coefficient (Wildman–Crippen LogP) is 1.39. The summed E-state index contributed by atoms with van der Waals surface area (Å²) in [6.07, 6.45) is 5.57. The third-order valence-electron chi connectivity index (χ3n) is 5.11. The number of H-pyrrole nitrogens is 1. The molecule has 2 aromatic heterocycles. The van der Waals surface area contributed by atoms with Gasteiger partial charge >= 0.3 is 5.69 Å². The number of likely N-dealkylation sites (tertiary alicyclic amines) is 1. The van der Waals surface area contributed by atoms with Crippen molar-refractivity contribution in [2.75, 3.05) is 13.1 Å². The molecule has 27 heavy (non-hydrogen) atoms. The summed E-state index contributed by atoms with van der Waals surface area (Å²) < 4.78 is 3.07.